The summed E-state index contributed by atoms with van der Waals surface area (Å²) in [5, 5.41) is 2.65. The van der Waals surface area contributed by atoms with E-state index >= 15 is 0 Å². The van der Waals surface area contributed by atoms with Crippen molar-refractivity contribution in [1.29, 1.82) is 0 Å². The van der Waals surface area contributed by atoms with Gasteiger partial charge in [0.05, 0.1) is 36.7 Å². The van der Waals surface area contributed by atoms with Gasteiger partial charge in [0, 0.05) is 13.1 Å². The van der Waals surface area contributed by atoms with Gasteiger partial charge < -0.3 is 19.7 Å². The predicted molar refractivity (Wildman–Crippen MR) is 105 cm³/mol. The number of nitrogens with one attached hydrogen (secondary N) is 1. The molecule has 1 fully saturated rings. The number of carbonyl (C=O) groups is 1. The van der Waals surface area contributed by atoms with E-state index in [1.165, 1.54) is 26.4 Å². The van der Waals surface area contributed by atoms with Crippen LogP contribution in [-0.4, -0.2) is 33.2 Å². The van der Waals surface area contributed by atoms with Crippen LogP contribution in [0.5, 0.6) is 11.5 Å². The number of ether oxygens (including phenoxy) is 2. The van der Waals surface area contributed by atoms with E-state index in [1.807, 2.05) is 4.90 Å². The number of methoxy groups -OCH3 is 2. The van der Waals surface area contributed by atoms with Crippen molar-refractivity contribution in [3.05, 3.63) is 47.5 Å². The van der Waals surface area contributed by atoms with E-state index in [2.05, 4.69) is 5.32 Å². The number of carbonyl (C=O) groups excluding carboxylic acids is 1. The first-order chi connectivity index (χ1) is 13.8. The first-order valence-corrected chi connectivity index (χ1v) is 9.33. The third-order valence-corrected chi connectivity index (χ3v) is 4.92. The fourth-order valence-electron chi connectivity index (χ4n) is 3.40. The summed E-state index contributed by atoms with van der Waals surface area (Å²) in [7, 11) is 2.88. The van der Waals surface area contributed by atoms with Crippen molar-refractivity contribution in [3.8, 4) is 11.5 Å². The van der Waals surface area contributed by atoms with E-state index in [-0.39, 0.29) is 11.3 Å². The van der Waals surface area contributed by atoms with Gasteiger partial charge in [-0.25, -0.2) is 0 Å². The lowest BCUT2D eigenvalue weighted by molar-refractivity contribution is -0.137. The number of nitrogens with zero attached hydrogens (tertiary/aromatic N) is 1. The Bertz CT molecular complexity index is 878. The van der Waals surface area contributed by atoms with Crippen LogP contribution >= 0.6 is 0 Å². The molecule has 156 valence electrons. The Balaban J connectivity index is 1.98. The molecule has 0 spiro atoms. The molecule has 2 aromatic carbocycles. The maximum absolute atomic E-state index is 13.3. The molecule has 1 N–H and O–H groups in total. The largest absolute Gasteiger partial charge is 0.497 e. The molecule has 0 bridgehead atoms. The summed E-state index contributed by atoms with van der Waals surface area (Å²) in [4.78, 5) is 14.9. The van der Waals surface area contributed by atoms with E-state index in [0.29, 0.717) is 17.2 Å². The van der Waals surface area contributed by atoms with Crippen LogP contribution in [0, 0.1) is 0 Å². The highest BCUT2D eigenvalue weighted by Crippen LogP contribution is 2.37. The molecule has 1 amide bonds. The van der Waals surface area contributed by atoms with Gasteiger partial charge in [-0.15, -0.1) is 0 Å². The summed E-state index contributed by atoms with van der Waals surface area (Å²) in [6.07, 6.45) is -1.51. The van der Waals surface area contributed by atoms with Crippen LogP contribution in [0.15, 0.2) is 36.4 Å². The van der Waals surface area contributed by atoms with Crippen LogP contribution in [0.4, 0.5) is 24.5 Å². The maximum atomic E-state index is 13.3. The number of halogens is 3. The SMILES string of the molecule is COc1ccc(OC)c(C(=O)Nc2cc(C(F)(F)F)ccc2N2CCCCC2)c1. The Morgan fingerprint density at radius 1 is 1.00 bits per heavy atom. The lowest BCUT2D eigenvalue weighted by Gasteiger charge is -2.31. The fourth-order valence-corrected chi connectivity index (χ4v) is 3.40. The van der Waals surface area contributed by atoms with Gasteiger partial charge in [0.1, 0.15) is 11.5 Å². The number of anilines is 2. The number of alkyl halides is 3. The second-order valence-corrected chi connectivity index (χ2v) is 6.80. The first kappa shape index (κ1) is 20.8. The minimum absolute atomic E-state index is 0.122. The van der Waals surface area contributed by atoms with Crippen molar-refractivity contribution >= 4 is 17.3 Å². The van der Waals surface area contributed by atoms with Crippen molar-refractivity contribution in [1.82, 2.24) is 0 Å². The van der Waals surface area contributed by atoms with Gasteiger partial charge in [0.25, 0.3) is 5.91 Å². The summed E-state index contributed by atoms with van der Waals surface area (Å²) in [6, 6.07) is 8.15. The molecule has 29 heavy (non-hydrogen) atoms. The Morgan fingerprint density at radius 3 is 2.34 bits per heavy atom. The Hall–Kier alpha value is -2.90. The molecule has 2 aromatic rings. The summed E-state index contributed by atoms with van der Waals surface area (Å²) >= 11 is 0. The number of hydrogen-bond acceptors (Lipinski definition) is 4. The van der Waals surface area contributed by atoms with Crippen molar-refractivity contribution in [2.75, 3.05) is 37.5 Å². The fraction of sp³-hybridized carbons (Fsp3) is 0.381. The summed E-state index contributed by atoms with van der Waals surface area (Å²) in [6.45, 7) is 1.47. The zero-order valence-corrected chi connectivity index (χ0v) is 16.3. The number of hydrogen-bond donors (Lipinski definition) is 1. The van der Waals surface area contributed by atoms with Crippen molar-refractivity contribution < 1.29 is 27.4 Å². The van der Waals surface area contributed by atoms with Gasteiger partial charge in [-0.2, -0.15) is 13.2 Å². The number of benzene rings is 2. The van der Waals surface area contributed by atoms with Crippen LogP contribution in [0.25, 0.3) is 0 Å². The van der Waals surface area contributed by atoms with Crippen LogP contribution in [0.1, 0.15) is 35.2 Å². The molecule has 1 heterocycles. The standard InChI is InChI=1S/C21H23F3N2O3/c1-28-15-7-9-19(29-2)16(13-15)20(27)25-17-12-14(21(22,23)24)6-8-18(17)26-10-4-3-5-11-26/h6-9,12-13H,3-5,10-11H2,1-2H3,(H,25,27). The molecule has 0 aliphatic carbocycles. The average Bonchev–Trinajstić information content (AvgIpc) is 2.73. The number of piperidine rings is 1. The van der Waals surface area contributed by atoms with Crippen molar-refractivity contribution in [2.45, 2.75) is 25.4 Å². The zero-order valence-electron chi connectivity index (χ0n) is 16.3. The highest BCUT2D eigenvalue weighted by Gasteiger charge is 2.32. The smallest absolute Gasteiger partial charge is 0.416 e. The van der Waals surface area contributed by atoms with Crippen molar-refractivity contribution in [3.63, 3.8) is 0 Å². The van der Waals surface area contributed by atoms with E-state index in [1.54, 1.807) is 12.1 Å². The van der Waals surface area contributed by atoms with E-state index in [0.717, 1.165) is 44.5 Å². The molecule has 1 aliphatic rings. The zero-order chi connectivity index (χ0) is 21.0. The van der Waals surface area contributed by atoms with Crippen LogP contribution in [0.2, 0.25) is 0 Å². The molecule has 0 unspecified atom stereocenters. The third-order valence-electron chi connectivity index (χ3n) is 4.92. The van der Waals surface area contributed by atoms with Crippen molar-refractivity contribution in [2.24, 2.45) is 0 Å². The topological polar surface area (TPSA) is 50.8 Å². The van der Waals surface area contributed by atoms with Gasteiger partial charge in [0.2, 0.25) is 0 Å². The van der Waals surface area contributed by atoms with Gasteiger partial charge in [-0.3, -0.25) is 4.79 Å². The first-order valence-electron chi connectivity index (χ1n) is 9.33. The highest BCUT2D eigenvalue weighted by molar-refractivity contribution is 6.08. The van der Waals surface area contributed by atoms with Gasteiger partial charge >= 0.3 is 6.18 Å². The molecule has 5 nitrogen and oxygen atoms in total. The Kier molecular flexibility index (Phi) is 6.20. The summed E-state index contributed by atoms with van der Waals surface area (Å²) in [5.41, 5.74) is 0.0598. The van der Waals surface area contributed by atoms with Gasteiger partial charge in [0.15, 0.2) is 0 Å². The lowest BCUT2D eigenvalue weighted by Crippen LogP contribution is -2.30. The lowest BCUT2D eigenvalue weighted by atomic mass is 10.1. The quantitative estimate of drug-likeness (QED) is 0.759. The second-order valence-electron chi connectivity index (χ2n) is 6.80. The third kappa shape index (κ3) is 4.75. The monoisotopic (exact) mass is 408 g/mol. The predicted octanol–water partition coefficient (Wildman–Crippen LogP) is 4.97. The van der Waals surface area contributed by atoms with Crippen LogP contribution in [-0.2, 0) is 6.18 Å². The molecule has 0 aromatic heterocycles. The van der Waals surface area contributed by atoms with Crippen LogP contribution < -0.4 is 19.7 Å². The van der Waals surface area contributed by atoms with E-state index in [4.69, 9.17) is 9.47 Å². The number of amides is 1. The minimum Gasteiger partial charge on any atom is -0.497 e. The highest BCUT2D eigenvalue weighted by atomic mass is 19.4. The molecule has 8 heteroatoms. The van der Waals surface area contributed by atoms with Gasteiger partial charge in [-0.1, -0.05) is 0 Å². The number of rotatable bonds is 5. The maximum Gasteiger partial charge on any atom is 0.416 e. The second kappa shape index (κ2) is 8.63. The molecular weight excluding hydrogens is 385 g/mol. The summed E-state index contributed by atoms with van der Waals surface area (Å²) < 4.78 is 50.1. The molecular formula is C21H23F3N2O3. The van der Waals surface area contributed by atoms with Crippen LogP contribution in [0.3, 0.4) is 0 Å². The molecule has 1 aliphatic heterocycles. The van der Waals surface area contributed by atoms with E-state index < -0.39 is 17.6 Å². The molecule has 3 rings (SSSR count). The van der Waals surface area contributed by atoms with Gasteiger partial charge in [-0.05, 0) is 55.7 Å². The Labute approximate surface area is 167 Å². The Morgan fingerprint density at radius 2 is 1.72 bits per heavy atom. The normalized spacial score (nSPS) is 14.4. The average molecular weight is 408 g/mol. The molecule has 0 radical (unpaired) electrons. The molecule has 0 saturated carbocycles. The molecule has 0 atom stereocenters. The van der Waals surface area contributed by atoms with E-state index in [9.17, 15) is 18.0 Å². The molecule has 1 saturated heterocycles. The summed E-state index contributed by atoms with van der Waals surface area (Å²) in [5.74, 6) is 0.171. The minimum atomic E-state index is -4.51.